The van der Waals surface area contributed by atoms with Crippen molar-refractivity contribution in [3.63, 3.8) is 0 Å². The SMILES string of the molecule is CC1=C(C#N)C(c2ccc3c(c2)c(NCC2CCN(C(=O)OC(C)(C)C)CC2)nn3CC2CCN(C(=O)OC(C)(C)C)CC2)C(C#N)=C(C)N1. The highest BCUT2D eigenvalue weighted by Crippen LogP contribution is 2.39. The summed E-state index contributed by atoms with van der Waals surface area (Å²) in [4.78, 5) is 28.8. The molecule has 12 heteroatoms. The van der Waals surface area contributed by atoms with Crippen molar-refractivity contribution in [2.24, 2.45) is 11.8 Å². The van der Waals surface area contributed by atoms with Gasteiger partial charge in [0.1, 0.15) is 11.2 Å². The number of nitrogens with zero attached hydrogens (tertiary/aromatic N) is 6. The van der Waals surface area contributed by atoms with Crippen LogP contribution in [-0.4, -0.2) is 75.7 Å². The van der Waals surface area contributed by atoms with Gasteiger partial charge in [-0.3, -0.25) is 4.68 Å². The second kappa shape index (κ2) is 14.6. The molecule has 0 saturated carbocycles. The van der Waals surface area contributed by atoms with Crippen LogP contribution in [0.5, 0.6) is 0 Å². The number of hydrogen-bond acceptors (Lipinski definition) is 9. The Hall–Kier alpha value is -4.71. The molecule has 3 aliphatic heterocycles. The largest absolute Gasteiger partial charge is 0.444 e. The number of amides is 2. The van der Waals surface area contributed by atoms with Gasteiger partial charge < -0.3 is 29.9 Å². The Bertz CT molecular complexity index is 1710. The number of carbonyl (C=O) groups is 2. The second-order valence-corrected chi connectivity index (χ2v) is 15.9. The number of piperidine rings is 2. The Kier molecular flexibility index (Phi) is 10.7. The minimum Gasteiger partial charge on any atom is -0.444 e. The predicted molar refractivity (Wildman–Crippen MR) is 192 cm³/mol. The lowest BCUT2D eigenvalue weighted by atomic mass is 9.81. The number of nitriles is 2. The molecule has 0 spiro atoms. The molecule has 2 aromatic rings. The van der Waals surface area contributed by atoms with Crippen molar-refractivity contribution in [2.75, 3.05) is 38.0 Å². The number of fused-ring (bicyclic) bond motifs is 1. The van der Waals surface area contributed by atoms with Gasteiger partial charge in [-0.2, -0.15) is 15.6 Å². The molecule has 0 radical (unpaired) electrons. The van der Waals surface area contributed by atoms with Crippen LogP contribution in [-0.2, 0) is 16.0 Å². The number of likely N-dealkylation sites (tertiary alicyclic amines) is 2. The Morgan fingerprint density at radius 1 is 0.860 bits per heavy atom. The number of benzene rings is 1. The van der Waals surface area contributed by atoms with Crippen molar-refractivity contribution in [2.45, 2.75) is 105 Å². The number of carbonyl (C=O) groups excluding carboxylic acids is 2. The number of hydrogen-bond donors (Lipinski definition) is 2. The van der Waals surface area contributed by atoms with Gasteiger partial charge in [-0.05, 0) is 111 Å². The quantitative estimate of drug-likeness (QED) is 0.327. The van der Waals surface area contributed by atoms with E-state index in [1.807, 2.05) is 61.5 Å². The normalized spacial score (nSPS) is 18.5. The van der Waals surface area contributed by atoms with Crippen LogP contribution in [0.2, 0.25) is 0 Å². The van der Waals surface area contributed by atoms with Gasteiger partial charge in [0.2, 0.25) is 0 Å². The van der Waals surface area contributed by atoms with Gasteiger partial charge in [0.25, 0.3) is 0 Å². The second-order valence-electron chi connectivity index (χ2n) is 15.9. The fraction of sp³-hybridized carbons (Fsp3) is 0.605. The molecule has 2 amide bonds. The molecule has 0 bridgehead atoms. The van der Waals surface area contributed by atoms with E-state index < -0.39 is 17.1 Å². The van der Waals surface area contributed by atoms with Crippen LogP contribution < -0.4 is 10.6 Å². The van der Waals surface area contributed by atoms with Crippen LogP contribution in [0.3, 0.4) is 0 Å². The average molecular weight is 685 g/mol. The van der Waals surface area contributed by atoms with Crippen molar-refractivity contribution in [1.82, 2.24) is 24.9 Å². The zero-order valence-corrected chi connectivity index (χ0v) is 30.9. The van der Waals surface area contributed by atoms with Crippen LogP contribution in [0.1, 0.15) is 92.6 Å². The summed E-state index contributed by atoms with van der Waals surface area (Å²) in [6, 6.07) is 10.8. The van der Waals surface area contributed by atoms with E-state index >= 15 is 0 Å². The van der Waals surface area contributed by atoms with Crippen molar-refractivity contribution >= 4 is 28.9 Å². The molecular weight excluding hydrogens is 632 g/mol. The standard InChI is InChI=1S/C38H52N8O4/c1-24-30(20-39)33(31(21-40)25(2)42-24)28-9-10-32-29(19-28)34(41-22-26-11-15-44(16-12-26)35(47)49-37(3,4)5)43-46(32)23-27-13-17-45(18-14-27)36(48)50-38(6,7)8/h9-10,19,26-27,33,42H,11-18,22-23H2,1-8H3,(H,41,43). The average Bonchev–Trinajstić information content (AvgIpc) is 3.38. The zero-order valence-electron chi connectivity index (χ0n) is 30.9. The summed E-state index contributed by atoms with van der Waals surface area (Å²) >= 11 is 0. The van der Waals surface area contributed by atoms with E-state index in [0.29, 0.717) is 62.3 Å². The van der Waals surface area contributed by atoms with E-state index in [9.17, 15) is 20.1 Å². The predicted octanol–water partition coefficient (Wildman–Crippen LogP) is 7.02. The molecule has 3 aliphatic rings. The summed E-state index contributed by atoms with van der Waals surface area (Å²) in [5.74, 6) is 0.971. The number of rotatable bonds is 6. The van der Waals surface area contributed by atoms with Crippen LogP contribution >= 0.6 is 0 Å². The van der Waals surface area contributed by atoms with Gasteiger partial charge in [0.05, 0.1) is 34.7 Å². The molecule has 4 heterocycles. The summed E-state index contributed by atoms with van der Waals surface area (Å²) in [5, 5.41) is 33.1. The Labute approximate surface area is 296 Å². The molecule has 1 aromatic carbocycles. The molecule has 12 nitrogen and oxygen atoms in total. The third-order valence-corrected chi connectivity index (χ3v) is 9.63. The summed E-state index contributed by atoms with van der Waals surface area (Å²) in [6.07, 6.45) is 2.87. The molecular formula is C38H52N8O4. The summed E-state index contributed by atoms with van der Waals surface area (Å²) < 4.78 is 13.2. The first-order chi connectivity index (χ1) is 23.6. The summed E-state index contributed by atoms with van der Waals surface area (Å²) in [6.45, 7) is 19.0. The number of ether oxygens (including phenoxy) is 2. The third kappa shape index (κ3) is 8.53. The van der Waals surface area contributed by atoms with E-state index in [4.69, 9.17) is 14.6 Å². The molecule has 0 unspecified atom stereocenters. The van der Waals surface area contributed by atoms with E-state index in [2.05, 4.69) is 39.6 Å². The van der Waals surface area contributed by atoms with E-state index in [-0.39, 0.29) is 12.2 Å². The van der Waals surface area contributed by atoms with Crippen molar-refractivity contribution in [3.8, 4) is 12.1 Å². The van der Waals surface area contributed by atoms with Gasteiger partial charge in [0, 0.05) is 56.0 Å². The fourth-order valence-electron chi connectivity index (χ4n) is 7.03. The van der Waals surface area contributed by atoms with Crippen LogP contribution in [0.15, 0.2) is 40.7 Å². The van der Waals surface area contributed by atoms with Crippen molar-refractivity contribution in [1.29, 1.82) is 10.5 Å². The van der Waals surface area contributed by atoms with Crippen molar-refractivity contribution in [3.05, 3.63) is 46.3 Å². The summed E-state index contributed by atoms with van der Waals surface area (Å²) in [5.41, 5.74) is 3.34. The highest BCUT2D eigenvalue weighted by molar-refractivity contribution is 5.91. The van der Waals surface area contributed by atoms with E-state index in [1.165, 1.54) is 0 Å². The number of dihydropyridines is 1. The minimum absolute atomic E-state index is 0.266. The number of nitrogens with one attached hydrogen (secondary N) is 2. The maximum atomic E-state index is 12.7. The van der Waals surface area contributed by atoms with Gasteiger partial charge >= 0.3 is 12.2 Å². The minimum atomic E-state index is -0.529. The van der Waals surface area contributed by atoms with Gasteiger partial charge in [-0.1, -0.05) is 6.07 Å². The van der Waals surface area contributed by atoms with Crippen LogP contribution in [0.25, 0.3) is 10.9 Å². The Balaban J connectivity index is 1.37. The first-order valence-corrected chi connectivity index (χ1v) is 17.8. The zero-order chi connectivity index (χ0) is 36.4. The maximum Gasteiger partial charge on any atom is 0.410 e. The molecule has 0 aliphatic carbocycles. The molecule has 268 valence electrons. The maximum absolute atomic E-state index is 12.7. The Morgan fingerprint density at radius 3 is 1.84 bits per heavy atom. The van der Waals surface area contributed by atoms with E-state index in [0.717, 1.165) is 59.4 Å². The highest BCUT2D eigenvalue weighted by Gasteiger charge is 2.32. The first kappa shape index (κ1) is 36.6. The monoisotopic (exact) mass is 684 g/mol. The molecule has 0 atom stereocenters. The summed E-state index contributed by atoms with van der Waals surface area (Å²) in [7, 11) is 0. The van der Waals surface area contributed by atoms with Crippen molar-refractivity contribution < 1.29 is 19.1 Å². The smallest absolute Gasteiger partial charge is 0.410 e. The lowest BCUT2D eigenvalue weighted by Gasteiger charge is -2.33. The first-order valence-electron chi connectivity index (χ1n) is 17.8. The van der Waals surface area contributed by atoms with Crippen LogP contribution in [0.4, 0.5) is 15.4 Å². The molecule has 2 N–H and O–H groups in total. The lowest BCUT2D eigenvalue weighted by Crippen LogP contribution is -2.42. The van der Waals surface area contributed by atoms with E-state index in [1.54, 1.807) is 9.80 Å². The number of anilines is 1. The van der Waals surface area contributed by atoms with Gasteiger partial charge in [-0.25, -0.2) is 9.59 Å². The number of allylic oxidation sites excluding steroid dienone is 4. The highest BCUT2D eigenvalue weighted by atomic mass is 16.6. The molecule has 50 heavy (non-hydrogen) atoms. The molecule has 2 saturated heterocycles. The molecule has 5 rings (SSSR count). The molecule has 1 aromatic heterocycles. The van der Waals surface area contributed by atoms with Gasteiger partial charge in [-0.15, -0.1) is 0 Å². The van der Waals surface area contributed by atoms with Crippen LogP contribution in [0, 0.1) is 34.5 Å². The molecule has 2 fully saturated rings. The number of aromatic nitrogens is 2. The lowest BCUT2D eigenvalue weighted by molar-refractivity contribution is 0.0171. The topological polar surface area (TPSA) is 149 Å². The fourth-order valence-corrected chi connectivity index (χ4v) is 7.03. The third-order valence-electron chi connectivity index (χ3n) is 9.63. The Morgan fingerprint density at radius 2 is 1.36 bits per heavy atom. The van der Waals surface area contributed by atoms with Gasteiger partial charge in [0.15, 0.2) is 5.82 Å².